The molecule has 1 saturated heterocycles. The predicted octanol–water partition coefficient (Wildman–Crippen LogP) is 6.10. The minimum absolute atomic E-state index is 0.163. The molecule has 1 N–H and O–H groups in total. The number of likely N-dealkylation sites (tertiary alicyclic amines) is 1. The highest BCUT2D eigenvalue weighted by atomic mass is 35.5. The highest BCUT2D eigenvalue weighted by Crippen LogP contribution is 2.43. The van der Waals surface area contributed by atoms with Crippen molar-refractivity contribution in [3.8, 4) is 11.5 Å². The zero-order valence-electron chi connectivity index (χ0n) is 17.3. The Hall–Kier alpha value is -2.01. The van der Waals surface area contributed by atoms with Crippen molar-refractivity contribution in [1.29, 1.82) is 0 Å². The Kier molecular flexibility index (Phi) is 5.84. The Morgan fingerprint density at radius 1 is 1.20 bits per heavy atom. The lowest BCUT2D eigenvalue weighted by Gasteiger charge is -2.35. The molecule has 1 fully saturated rings. The first-order valence-electron chi connectivity index (χ1n) is 10.2. The van der Waals surface area contributed by atoms with Gasteiger partial charge in [-0.05, 0) is 60.6 Å². The fourth-order valence-corrected chi connectivity index (χ4v) is 5.10. The zero-order valence-corrected chi connectivity index (χ0v) is 18.8. The van der Waals surface area contributed by atoms with E-state index in [1.54, 1.807) is 30.3 Å². The zero-order chi connectivity index (χ0) is 21.6. The maximum Gasteiger partial charge on any atom is 0.232 e. The Balaban J connectivity index is 1.70. The van der Waals surface area contributed by atoms with Crippen molar-refractivity contribution in [2.75, 3.05) is 13.1 Å². The van der Waals surface area contributed by atoms with Gasteiger partial charge < -0.3 is 9.84 Å². The van der Waals surface area contributed by atoms with Crippen LogP contribution in [0.15, 0.2) is 30.0 Å². The summed E-state index contributed by atoms with van der Waals surface area (Å²) in [5.74, 6) is 1.81. The first kappa shape index (κ1) is 21.2. The summed E-state index contributed by atoms with van der Waals surface area (Å²) >= 11 is 12.2. The third-order valence-corrected chi connectivity index (χ3v) is 6.36. The summed E-state index contributed by atoms with van der Waals surface area (Å²) in [6.45, 7) is 8.78. The average molecular weight is 446 g/mol. The number of fused-ring (bicyclic) bond motifs is 1. The molecular formula is C24H25Cl2NO3. The van der Waals surface area contributed by atoms with E-state index in [1.165, 1.54) is 6.42 Å². The lowest BCUT2D eigenvalue weighted by molar-refractivity contribution is 0.101. The van der Waals surface area contributed by atoms with Gasteiger partial charge in [0.05, 0.1) is 11.1 Å². The molecule has 2 aromatic carbocycles. The predicted molar refractivity (Wildman–Crippen MR) is 120 cm³/mol. The topological polar surface area (TPSA) is 49.8 Å². The minimum atomic E-state index is -0.199. The van der Waals surface area contributed by atoms with Gasteiger partial charge in [0.25, 0.3) is 0 Å². The number of halogens is 2. The molecule has 0 aromatic heterocycles. The molecule has 2 aliphatic heterocycles. The van der Waals surface area contributed by atoms with E-state index < -0.39 is 0 Å². The highest BCUT2D eigenvalue weighted by molar-refractivity contribution is 6.35. The summed E-state index contributed by atoms with van der Waals surface area (Å²) < 4.78 is 6.03. The smallest absolute Gasteiger partial charge is 0.232 e. The van der Waals surface area contributed by atoms with Crippen LogP contribution in [0.1, 0.15) is 47.3 Å². The maximum atomic E-state index is 13.1. The summed E-state index contributed by atoms with van der Waals surface area (Å²) in [4.78, 5) is 15.4. The molecule has 158 valence electrons. The van der Waals surface area contributed by atoms with Crippen molar-refractivity contribution in [1.82, 2.24) is 4.90 Å². The van der Waals surface area contributed by atoms with Crippen LogP contribution >= 0.6 is 23.2 Å². The van der Waals surface area contributed by atoms with Crippen molar-refractivity contribution >= 4 is 35.1 Å². The number of phenolic OH excluding ortho intramolecular Hbond substituents is 1. The number of ether oxygens (including phenoxy) is 1. The maximum absolute atomic E-state index is 13.1. The second kappa shape index (κ2) is 8.26. The van der Waals surface area contributed by atoms with E-state index in [1.807, 2.05) is 6.92 Å². The third-order valence-electron chi connectivity index (χ3n) is 5.80. The molecule has 2 aromatic rings. The van der Waals surface area contributed by atoms with Gasteiger partial charge in [0, 0.05) is 29.7 Å². The van der Waals surface area contributed by atoms with Crippen LogP contribution in [-0.4, -0.2) is 28.9 Å². The fraction of sp³-hybridized carbons (Fsp3) is 0.375. The van der Waals surface area contributed by atoms with Crippen molar-refractivity contribution < 1.29 is 14.6 Å². The number of aryl methyl sites for hydroxylation is 1. The molecule has 4 nitrogen and oxygen atoms in total. The van der Waals surface area contributed by atoms with Crippen molar-refractivity contribution in [3.05, 3.63) is 62.3 Å². The van der Waals surface area contributed by atoms with Crippen LogP contribution in [0.4, 0.5) is 0 Å². The fourth-order valence-electron chi connectivity index (χ4n) is 4.64. The highest BCUT2D eigenvalue weighted by Gasteiger charge is 2.34. The molecule has 30 heavy (non-hydrogen) atoms. The van der Waals surface area contributed by atoms with Crippen LogP contribution in [0.3, 0.4) is 0 Å². The summed E-state index contributed by atoms with van der Waals surface area (Å²) in [6, 6.07) is 6.75. The van der Waals surface area contributed by atoms with Gasteiger partial charge in [-0.2, -0.15) is 0 Å². The van der Waals surface area contributed by atoms with Gasteiger partial charge in [-0.1, -0.05) is 43.1 Å². The molecule has 0 radical (unpaired) electrons. The second-order valence-electron chi connectivity index (χ2n) is 8.64. The average Bonchev–Trinajstić information content (AvgIpc) is 2.97. The number of allylic oxidation sites excluding steroid dienone is 1. The number of rotatable bonds is 3. The molecule has 0 amide bonds. The number of phenols is 1. The number of carbonyl (C=O) groups excluding carboxylic acids is 1. The monoisotopic (exact) mass is 445 g/mol. The molecule has 2 atom stereocenters. The Morgan fingerprint density at radius 3 is 2.57 bits per heavy atom. The van der Waals surface area contributed by atoms with E-state index in [0.717, 1.165) is 13.1 Å². The second-order valence-corrected chi connectivity index (χ2v) is 9.48. The standard InChI is InChI=1S/C24H25Cl2NO3/c1-13-6-14(2)11-27(10-13)12-18-20(28)7-15(3)22-23(29)21(30-24(18)22)8-16-4-5-17(25)9-19(16)26/h4-5,7-9,13-14,28H,6,10-12H2,1-3H3/b21-8+. The van der Waals surface area contributed by atoms with Crippen LogP contribution < -0.4 is 4.74 Å². The number of hydrogen-bond donors (Lipinski definition) is 1. The lowest BCUT2D eigenvalue weighted by atomic mass is 9.91. The molecule has 0 bridgehead atoms. The van der Waals surface area contributed by atoms with Gasteiger partial charge >= 0.3 is 0 Å². The van der Waals surface area contributed by atoms with Gasteiger partial charge in [0.2, 0.25) is 5.78 Å². The normalized spacial score (nSPS) is 23.0. The lowest BCUT2D eigenvalue weighted by Crippen LogP contribution is -2.38. The number of hydrogen-bond acceptors (Lipinski definition) is 4. The summed E-state index contributed by atoms with van der Waals surface area (Å²) in [5, 5.41) is 11.6. The van der Waals surface area contributed by atoms with Crippen LogP contribution in [0.2, 0.25) is 10.0 Å². The minimum Gasteiger partial charge on any atom is -0.507 e. The van der Waals surface area contributed by atoms with Crippen molar-refractivity contribution in [2.24, 2.45) is 11.8 Å². The molecule has 0 aliphatic carbocycles. The van der Waals surface area contributed by atoms with E-state index in [9.17, 15) is 9.90 Å². The number of carbonyl (C=O) groups is 1. The molecule has 0 spiro atoms. The van der Waals surface area contributed by atoms with Gasteiger partial charge in [0.1, 0.15) is 11.5 Å². The van der Waals surface area contributed by atoms with E-state index in [-0.39, 0.29) is 17.3 Å². The SMILES string of the molecule is Cc1cc(O)c(CN2CC(C)CC(C)C2)c2c1C(=O)/C(=C\c1ccc(Cl)cc1Cl)O2. The Bertz CT molecular complexity index is 1040. The van der Waals surface area contributed by atoms with Crippen LogP contribution in [-0.2, 0) is 6.54 Å². The van der Waals surface area contributed by atoms with Gasteiger partial charge in [-0.25, -0.2) is 0 Å². The molecule has 2 heterocycles. The quantitative estimate of drug-likeness (QED) is 0.579. The molecule has 2 unspecified atom stereocenters. The number of Topliss-reactive ketones (excluding diaryl/α,β-unsaturated/α-hetero) is 1. The van der Waals surface area contributed by atoms with E-state index in [2.05, 4.69) is 18.7 Å². The molecule has 4 rings (SSSR count). The largest absolute Gasteiger partial charge is 0.507 e. The van der Waals surface area contributed by atoms with Crippen LogP contribution in [0.5, 0.6) is 11.5 Å². The first-order valence-corrected chi connectivity index (χ1v) is 11.0. The Morgan fingerprint density at radius 2 is 1.90 bits per heavy atom. The van der Waals surface area contributed by atoms with Crippen LogP contribution in [0, 0.1) is 18.8 Å². The Labute approximate surface area is 187 Å². The molecule has 2 aliphatic rings. The molecule has 6 heteroatoms. The molecular weight excluding hydrogens is 421 g/mol. The summed E-state index contributed by atoms with van der Waals surface area (Å²) in [5.41, 5.74) is 2.52. The van der Waals surface area contributed by atoms with E-state index in [0.29, 0.717) is 56.4 Å². The number of benzene rings is 2. The first-order chi connectivity index (χ1) is 14.2. The van der Waals surface area contributed by atoms with Gasteiger partial charge in [-0.3, -0.25) is 9.69 Å². The van der Waals surface area contributed by atoms with E-state index in [4.69, 9.17) is 27.9 Å². The summed E-state index contributed by atoms with van der Waals surface area (Å²) in [6.07, 6.45) is 2.84. The van der Waals surface area contributed by atoms with Gasteiger partial charge in [-0.15, -0.1) is 0 Å². The number of aromatic hydroxyl groups is 1. The van der Waals surface area contributed by atoms with Crippen LogP contribution in [0.25, 0.3) is 6.08 Å². The van der Waals surface area contributed by atoms with Crippen molar-refractivity contribution in [3.63, 3.8) is 0 Å². The number of piperidine rings is 1. The van der Waals surface area contributed by atoms with E-state index >= 15 is 0 Å². The number of nitrogens with zero attached hydrogens (tertiary/aromatic N) is 1. The summed E-state index contributed by atoms with van der Waals surface area (Å²) in [7, 11) is 0. The van der Waals surface area contributed by atoms with Crippen molar-refractivity contribution in [2.45, 2.75) is 33.7 Å². The molecule has 0 saturated carbocycles. The number of ketones is 1. The van der Waals surface area contributed by atoms with Gasteiger partial charge in [0.15, 0.2) is 5.76 Å². The third kappa shape index (κ3) is 4.09.